The number of hydrogen-bond donors (Lipinski definition) is 6. The molecule has 1 aliphatic rings. The molecule has 0 aromatic heterocycles. The first-order chi connectivity index (χ1) is 43.3. The zero-order valence-electron chi connectivity index (χ0n) is 58.0. The van der Waals surface area contributed by atoms with Crippen LogP contribution in [0.3, 0.4) is 0 Å². The third-order valence-electron chi connectivity index (χ3n) is 18.3. The summed E-state index contributed by atoms with van der Waals surface area (Å²) in [6.07, 6.45) is 87.9. The minimum absolute atomic E-state index is 0.180. The lowest BCUT2D eigenvalue weighted by molar-refractivity contribution is -0.302. The molecule has 7 atom stereocenters. The fourth-order valence-electron chi connectivity index (χ4n) is 12.3. The molecule has 9 nitrogen and oxygen atoms in total. The number of carbonyl (C=O) groups is 1. The van der Waals surface area contributed by atoms with E-state index in [2.05, 4.69) is 67.8 Å². The van der Waals surface area contributed by atoms with E-state index in [-0.39, 0.29) is 12.5 Å². The molecule has 6 N–H and O–H groups in total. The highest BCUT2D eigenvalue weighted by Crippen LogP contribution is 2.24. The highest BCUT2D eigenvalue weighted by molar-refractivity contribution is 5.76. The molecule has 0 saturated carbocycles. The molecule has 88 heavy (non-hydrogen) atoms. The van der Waals surface area contributed by atoms with E-state index in [1.54, 1.807) is 6.08 Å². The summed E-state index contributed by atoms with van der Waals surface area (Å²) in [4.78, 5) is 13.2. The van der Waals surface area contributed by atoms with Crippen molar-refractivity contribution in [2.75, 3.05) is 13.2 Å². The van der Waals surface area contributed by atoms with Crippen molar-refractivity contribution < 1.29 is 39.8 Å². The van der Waals surface area contributed by atoms with Gasteiger partial charge in [-0.25, -0.2) is 0 Å². The van der Waals surface area contributed by atoms with Crippen LogP contribution < -0.4 is 5.32 Å². The highest BCUT2D eigenvalue weighted by Gasteiger charge is 2.44. The van der Waals surface area contributed by atoms with E-state index in [1.807, 2.05) is 6.08 Å². The normalized spacial score (nSPS) is 18.2. The first-order valence-corrected chi connectivity index (χ1v) is 38.5. The van der Waals surface area contributed by atoms with Crippen LogP contribution in [0.1, 0.15) is 380 Å². The Bertz CT molecular complexity index is 1580. The van der Waals surface area contributed by atoms with Gasteiger partial charge in [0.1, 0.15) is 24.4 Å². The Morgan fingerprint density at radius 1 is 0.386 bits per heavy atom. The average Bonchev–Trinajstić information content (AvgIpc) is 3.65. The Hall–Kier alpha value is -2.11. The molecule has 1 rings (SSSR count). The van der Waals surface area contributed by atoms with E-state index >= 15 is 0 Å². The third kappa shape index (κ3) is 55.5. The second-order valence-electron chi connectivity index (χ2n) is 26.8. The molecule has 7 unspecified atom stereocenters. The first kappa shape index (κ1) is 83.9. The fraction of sp³-hybridized carbons (Fsp3) is 0.861. The molecule has 0 aromatic rings. The van der Waals surface area contributed by atoms with Crippen LogP contribution in [-0.4, -0.2) is 87.5 Å². The Morgan fingerprint density at radius 3 is 1.03 bits per heavy atom. The monoisotopic (exact) mass is 1240 g/mol. The molecule has 0 radical (unpaired) electrons. The lowest BCUT2D eigenvalue weighted by Crippen LogP contribution is -2.60. The van der Waals surface area contributed by atoms with Crippen LogP contribution >= 0.6 is 0 Å². The van der Waals surface area contributed by atoms with Crippen LogP contribution in [0.5, 0.6) is 0 Å². The molecule has 0 bridgehead atoms. The molecule has 0 spiro atoms. The van der Waals surface area contributed by atoms with Crippen molar-refractivity contribution >= 4 is 5.91 Å². The lowest BCUT2D eigenvalue weighted by Gasteiger charge is -2.40. The number of nitrogens with one attached hydrogen (secondary N) is 1. The van der Waals surface area contributed by atoms with Crippen molar-refractivity contribution in [1.82, 2.24) is 5.32 Å². The predicted octanol–water partition coefficient (Wildman–Crippen LogP) is 21.7. The largest absolute Gasteiger partial charge is 0.394 e. The van der Waals surface area contributed by atoms with Crippen LogP contribution in [0.2, 0.25) is 0 Å². The van der Waals surface area contributed by atoms with E-state index in [0.29, 0.717) is 6.42 Å². The van der Waals surface area contributed by atoms with E-state index in [0.717, 1.165) is 51.4 Å². The number of aliphatic hydroxyl groups excluding tert-OH is 5. The maximum atomic E-state index is 13.2. The molecule has 1 saturated heterocycles. The Morgan fingerprint density at radius 2 is 0.682 bits per heavy atom. The van der Waals surface area contributed by atoms with E-state index in [4.69, 9.17) is 9.47 Å². The molecule has 1 fully saturated rings. The molecular weight excluding hydrogens is 1090 g/mol. The number of amides is 1. The van der Waals surface area contributed by atoms with Crippen molar-refractivity contribution in [3.8, 4) is 0 Å². The maximum absolute atomic E-state index is 13.2. The smallest absolute Gasteiger partial charge is 0.220 e. The van der Waals surface area contributed by atoms with Gasteiger partial charge in [-0.2, -0.15) is 0 Å². The zero-order valence-corrected chi connectivity index (χ0v) is 58.0. The van der Waals surface area contributed by atoms with E-state index in [9.17, 15) is 30.3 Å². The van der Waals surface area contributed by atoms with Gasteiger partial charge in [0.15, 0.2) is 6.29 Å². The third-order valence-corrected chi connectivity index (χ3v) is 18.3. The number of rotatable bonds is 68. The predicted molar refractivity (Wildman–Crippen MR) is 378 cm³/mol. The van der Waals surface area contributed by atoms with Gasteiger partial charge in [0.05, 0.1) is 25.4 Å². The summed E-state index contributed by atoms with van der Waals surface area (Å²) in [5.41, 5.74) is 0. The number of allylic oxidation sites excluding steroid dienone is 9. The van der Waals surface area contributed by atoms with Gasteiger partial charge in [0.25, 0.3) is 0 Å². The SMILES string of the molecule is CCCCCCC/C=C\C/C=C\C/C=C\CCCCCCCCCCCCCCCCCCCCCCC(=O)NC(COC1OC(CO)C(O)C(O)C1O)C(O)/C=C/CC/C=C/CCCCCCCCCCCCCCCCCCCCCCCCCC. The highest BCUT2D eigenvalue weighted by atomic mass is 16.7. The van der Waals surface area contributed by atoms with Gasteiger partial charge in [-0.05, 0) is 70.6 Å². The molecule has 1 amide bonds. The van der Waals surface area contributed by atoms with Crippen LogP contribution in [0.15, 0.2) is 60.8 Å². The van der Waals surface area contributed by atoms with Gasteiger partial charge in [-0.3, -0.25) is 4.79 Å². The van der Waals surface area contributed by atoms with Crippen molar-refractivity contribution in [1.29, 1.82) is 0 Å². The molecule has 1 heterocycles. The van der Waals surface area contributed by atoms with Gasteiger partial charge in [0.2, 0.25) is 5.91 Å². The summed E-state index contributed by atoms with van der Waals surface area (Å²) >= 11 is 0. The van der Waals surface area contributed by atoms with Crippen molar-refractivity contribution in [2.24, 2.45) is 0 Å². The summed E-state index contributed by atoms with van der Waals surface area (Å²) in [7, 11) is 0. The fourth-order valence-corrected chi connectivity index (χ4v) is 12.3. The van der Waals surface area contributed by atoms with Gasteiger partial charge < -0.3 is 40.3 Å². The number of ether oxygens (including phenoxy) is 2. The summed E-state index contributed by atoms with van der Waals surface area (Å²) in [5, 5.41) is 54.8. The first-order valence-electron chi connectivity index (χ1n) is 38.5. The van der Waals surface area contributed by atoms with Crippen molar-refractivity contribution in [3.63, 3.8) is 0 Å². The maximum Gasteiger partial charge on any atom is 0.220 e. The number of hydrogen-bond acceptors (Lipinski definition) is 8. The van der Waals surface area contributed by atoms with Gasteiger partial charge in [-0.1, -0.05) is 364 Å². The molecule has 9 heteroatoms. The van der Waals surface area contributed by atoms with E-state index < -0.39 is 49.5 Å². The van der Waals surface area contributed by atoms with Gasteiger partial charge >= 0.3 is 0 Å². The van der Waals surface area contributed by atoms with Crippen LogP contribution in [-0.2, 0) is 14.3 Å². The second kappa shape index (κ2) is 67.8. The standard InChI is InChI=1S/C79H147NO8/c1-3-5-7-9-11-13-15-17-19-21-23-25-27-29-31-33-35-36-37-38-39-41-43-45-47-49-51-53-55-57-59-61-63-65-67-69-75(83)80-72(71-87-79-78(86)77(85)76(84)74(70-81)88-79)73(82)68-66-64-62-60-58-56-54-52-50-48-46-44-42-40-34-32-30-28-26-24-22-20-18-16-14-12-10-8-6-4-2/h15,17,21,23,27,29,58,60,66,68,72-74,76-79,81-82,84-86H,3-14,16,18-20,22,24-26,28,30-57,59,61-65,67,69-71H2,1-2H3,(H,80,83)/b17-15-,23-21-,29-27-,60-58+,68-66+. The zero-order chi connectivity index (χ0) is 63.5. The molecule has 516 valence electrons. The topological polar surface area (TPSA) is 149 Å². The summed E-state index contributed by atoms with van der Waals surface area (Å²) in [6, 6.07) is -0.825. The molecule has 0 aliphatic carbocycles. The Balaban J connectivity index is 2.10. The minimum atomic E-state index is -1.57. The summed E-state index contributed by atoms with van der Waals surface area (Å²) in [5.74, 6) is -0.180. The molecule has 0 aromatic carbocycles. The number of carbonyl (C=O) groups excluding carboxylic acids is 1. The summed E-state index contributed by atoms with van der Waals surface area (Å²) in [6.45, 7) is 3.80. The van der Waals surface area contributed by atoms with Crippen LogP contribution in [0.25, 0.3) is 0 Å². The molecule has 1 aliphatic heterocycles. The summed E-state index contributed by atoms with van der Waals surface area (Å²) < 4.78 is 11.3. The van der Waals surface area contributed by atoms with Crippen LogP contribution in [0.4, 0.5) is 0 Å². The van der Waals surface area contributed by atoms with Gasteiger partial charge in [0, 0.05) is 6.42 Å². The number of aliphatic hydroxyl groups is 5. The minimum Gasteiger partial charge on any atom is -0.394 e. The molecular formula is C79H147NO8. The van der Waals surface area contributed by atoms with Crippen molar-refractivity contribution in [2.45, 2.75) is 423 Å². The second-order valence-corrected chi connectivity index (χ2v) is 26.8. The van der Waals surface area contributed by atoms with E-state index in [1.165, 1.54) is 308 Å². The Labute approximate surface area is 545 Å². The average molecular weight is 1240 g/mol. The van der Waals surface area contributed by atoms with Crippen molar-refractivity contribution in [3.05, 3.63) is 60.8 Å². The number of unbranched alkanes of at least 4 members (excludes halogenated alkanes) is 50. The Kier molecular flexibility index (Phi) is 64.6. The van der Waals surface area contributed by atoms with Crippen LogP contribution in [0, 0.1) is 0 Å². The quantitative estimate of drug-likeness (QED) is 0.0261. The van der Waals surface area contributed by atoms with Gasteiger partial charge in [-0.15, -0.1) is 0 Å². The lowest BCUT2D eigenvalue weighted by atomic mass is 9.99.